The topological polar surface area (TPSA) is 71.4 Å². The number of carboxylic acid groups (broad SMARTS) is 1. The number of aliphatic carboxylic acids is 1. The van der Waals surface area contributed by atoms with E-state index < -0.39 is 15.8 Å². The lowest BCUT2D eigenvalue weighted by atomic mass is 10.1. The summed E-state index contributed by atoms with van der Waals surface area (Å²) in [6.07, 6.45) is 0. The van der Waals surface area contributed by atoms with Crippen LogP contribution in [0.4, 0.5) is 0 Å². The molecule has 15 heavy (non-hydrogen) atoms. The monoisotopic (exact) mass is 288 g/mol. The van der Waals surface area contributed by atoms with Crippen LogP contribution in [0, 0.1) is 0 Å². The maximum atomic E-state index is 11.6. The van der Waals surface area contributed by atoms with E-state index in [1.54, 1.807) is 12.1 Å². The van der Waals surface area contributed by atoms with Gasteiger partial charge < -0.3 is 5.11 Å². The summed E-state index contributed by atoms with van der Waals surface area (Å²) in [6, 6.07) is 4.64. The number of hydrogen-bond acceptors (Lipinski definition) is 3. The van der Waals surface area contributed by atoms with Crippen molar-refractivity contribution in [3.8, 4) is 0 Å². The Balaban J connectivity index is 2.85. The molecule has 0 bridgehead atoms. The first-order valence-electron chi connectivity index (χ1n) is 3.92. The molecule has 78 valence electrons. The predicted molar refractivity (Wildman–Crippen MR) is 56.9 cm³/mol. The lowest BCUT2D eigenvalue weighted by Gasteiger charge is -2.01. The van der Waals surface area contributed by atoms with Gasteiger partial charge in [-0.25, -0.2) is 13.2 Å². The average molecular weight is 289 g/mol. The Bertz CT molecular complexity index is 586. The van der Waals surface area contributed by atoms with Gasteiger partial charge in [0.05, 0.1) is 15.9 Å². The smallest absolute Gasteiger partial charge is 0.337 e. The number of carboxylic acids is 1. The molecule has 4 nitrogen and oxygen atoms in total. The highest BCUT2D eigenvalue weighted by molar-refractivity contribution is 9.10. The van der Waals surface area contributed by atoms with Crippen molar-refractivity contribution in [3.05, 3.63) is 33.6 Å². The number of rotatable bonds is 1. The Hall–Kier alpha value is -1.14. The minimum atomic E-state index is -3.62. The van der Waals surface area contributed by atoms with Crippen LogP contribution in [0.3, 0.4) is 0 Å². The van der Waals surface area contributed by atoms with E-state index in [1.165, 1.54) is 6.07 Å². The standard InChI is InChI=1S/C9H5BrO4S/c10-7-3-1-2-5-6(9(11)12)4-15(13,14)8(5)7/h1-4H,(H,11,12). The van der Waals surface area contributed by atoms with Crippen molar-refractivity contribution in [2.24, 2.45) is 0 Å². The van der Waals surface area contributed by atoms with Gasteiger partial charge in [-0.05, 0) is 22.0 Å². The summed E-state index contributed by atoms with van der Waals surface area (Å²) in [7, 11) is -3.62. The molecule has 0 aliphatic carbocycles. The third kappa shape index (κ3) is 1.49. The minimum absolute atomic E-state index is 0.0300. The molecule has 0 amide bonds. The number of halogens is 1. The molecule has 6 heteroatoms. The summed E-state index contributed by atoms with van der Waals surface area (Å²) < 4.78 is 23.6. The van der Waals surface area contributed by atoms with Crippen LogP contribution >= 0.6 is 15.9 Å². The molecule has 2 rings (SSSR count). The first kappa shape index (κ1) is 10.4. The summed E-state index contributed by atoms with van der Waals surface area (Å²) in [4.78, 5) is 10.8. The molecule has 0 fully saturated rings. The zero-order chi connectivity index (χ0) is 11.2. The summed E-state index contributed by atoms with van der Waals surface area (Å²) in [5.41, 5.74) is 0.0446. The Morgan fingerprint density at radius 3 is 2.60 bits per heavy atom. The highest BCUT2D eigenvalue weighted by Gasteiger charge is 2.32. The Labute approximate surface area is 94.3 Å². The Morgan fingerprint density at radius 2 is 2.00 bits per heavy atom. The van der Waals surface area contributed by atoms with Crippen LogP contribution in [0.5, 0.6) is 0 Å². The third-order valence-electron chi connectivity index (χ3n) is 2.05. The molecule has 1 aromatic carbocycles. The van der Waals surface area contributed by atoms with E-state index in [9.17, 15) is 13.2 Å². The molecule has 1 heterocycles. The second-order valence-electron chi connectivity index (χ2n) is 3.00. The lowest BCUT2D eigenvalue weighted by molar-refractivity contribution is -0.130. The van der Waals surface area contributed by atoms with Crippen LogP contribution in [0.25, 0.3) is 5.57 Å². The van der Waals surface area contributed by atoms with Crippen LogP contribution in [0.2, 0.25) is 0 Å². The molecule has 0 atom stereocenters. The average Bonchev–Trinajstić information content (AvgIpc) is 2.39. The van der Waals surface area contributed by atoms with Gasteiger partial charge in [0, 0.05) is 10.0 Å². The zero-order valence-electron chi connectivity index (χ0n) is 7.27. The van der Waals surface area contributed by atoms with Crippen molar-refractivity contribution in [1.82, 2.24) is 0 Å². The van der Waals surface area contributed by atoms with Crippen molar-refractivity contribution in [2.45, 2.75) is 4.90 Å². The highest BCUT2D eigenvalue weighted by atomic mass is 79.9. The van der Waals surface area contributed by atoms with Gasteiger partial charge in [-0.15, -0.1) is 0 Å². The van der Waals surface area contributed by atoms with E-state index in [4.69, 9.17) is 5.11 Å². The first-order valence-corrected chi connectivity index (χ1v) is 6.26. The van der Waals surface area contributed by atoms with Crippen molar-refractivity contribution in [2.75, 3.05) is 0 Å². The SMILES string of the molecule is O=C(O)C1=CS(=O)(=O)c2c(Br)cccc21. The highest BCUT2D eigenvalue weighted by Crippen LogP contribution is 2.37. The van der Waals surface area contributed by atoms with E-state index in [0.717, 1.165) is 5.41 Å². The molecule has 1 aromatic rings. The molecule has 0 aromatic heterocycles. The maximum absolute atomic E-state index is 11.6. The third-order valence-corrected chi connectivity index (χ3v) is 4.52. The minimum Gasteiger partial charge on any atom is -0.478 e. The summed E-state index contributed by atoms with van der Waals surface area (Å²) >= 11 is 3.09. The fourth-order valence-corrected chi connectivity index (χ4v) is 3.98. The zero-order valence-corrected chi connectivity index (χ0v) is 9.67. The van der Waals surface area contributed by atoms with Crippen molar-refractivity contribution in [1.29, 1.82) is 0 Å². The normalized spacial score (nSPS) is 17.0. The molecule has 0 saturated heterocycles. The number of hydrogen-bond donors (Lipinski definition) is 1. The molecule has 1 N–H and O–H groups in total. The Kier molecular flexibility index (Phi) is 2.20. The van der Waals surface area contributed by atoms with Crippen molar-refractivity contribution >= 4 is 37.3 Å². The molecule has 0 spiro atoms. The summed E-state index contributed by atoms with van der Waals surface area (Å²) in [6.45, 7) is 0. The van der Waals surface area contributed by atoms with E-state index in [-0.39, 0.29) is 16.0 Å². The number of sulfone groups is 1. The fraction of sp³-hybridized carbons (Fsp3) is 0. The van der Waals surface area contributed by atoms with Crippen molar-refractivity contribution in [3.63, 3.8) is 0 Å². The van der Waals surface area contributed by atoms with Gasteiger partial charge in [-0.3, -0.25) is 0 Å². The van der Waals surface area contributed by atoms with E-state index in [2.05, 4.69) is 15.9 Å². The Morgan fingerprint density at radius 1 is 1.33 bits per heavy atom. The van der Waals surface area contributed by atoms with Gasteiger partial charge in [0.25, 0.3) is 0 Å². The van der Waals surface area contributed by atoms with E-state index >= 15 is 0 Å². The lowest BCUT2D eigenvalue weighted by Crippen LogP contribution is -1.97. The first-order chi connectivity index (χ1) is 6.93. The van der Waals surface area contributed by atoms with Crippen LogP contribution in [-0.4, -0.2) is 19.5 Å². The van der Waals surface area contributed by atoms with Gasteiger partial charge >= 0.3 is 5.97 Å². The van der Waals surface area contributed by atoms with Crippen molar-refractivity contribution < 1.29 is 18.3 Å². The fourth-order valence-electron chi connectivity index (χ4n) is 1.45. The van der Waals surface area contributed by atoms with Crippen LogP contribution < -0.4 is 0 Å². The summed E-state index contributed by atoms with van der Waals surface area (Å²) in [5.74, 6) is -1.24. The molecule has 0 unspecified atom stereocenters. The molecular weight excluding hydrogens is 284 g/mol. The van der Waals surface area contributed by atoms with E-state index in [0.29, 0.717) is 4.47 Å². The van der Waals surface area contributed by atoms with E-state index in [1.807, 2.05) is 0 Å². The van der Waals surface area contributed by atoms with Gasteiger partial charge in [-0.1, -0.05) is 12.1 Å². The largest absolute Gasteiger partial charge is 0.478 e. The molecular formula is C9H5BrO4S. The predicted octanol–water partition coefficient (Wildman–Crippen LogP) is 1.66. The number of fused-ring (bicyclic) bond motifs is 1. The molecule has 1 aliphatic rings. The molecule has 0 radical (unpaired) electrons. The van der Waals surface area contributed by atoms with Gasteiger partial charge in [0.15, 0.2) is 0 Å². The quantitative estimate of drug-likeness (QED) is 0.853. The number of carbonyl (C=O) groups is 1. The van der Waals surface area contributed by atoms with Gasteiger partial charge in [0.1, 0.15) is 0 Å². The second-order valence-corrected chi connectivity index (χ2v) is 5.59. The molecule has 0 saturated carbocycles. The van der Waals surface area contributed by atoms with Crippen LogP contribution in [0.1, 0.15) is 5.56 Å². The van der Waals surface area contributed by atoms with Gasteiger partial charge in [-0.2, -0.15) is 0 Å². The second kappa shape index (κ2) is 3.18. The van der Waals surface area contributed by atoms with Crippen LogP contribution in [0.15, 0.2) is 33.0 Å². The molecule has 1 aliphatic heterocycles. The van der Waals surface area contributed by atoms with Gasteiger partial charge in [0.2, 0.25) is 9.84 Å². The maximum Gasteiger partial charge on any atom is 0.337 e. The summed E-state index contributed by atoms with van der Waals surface area (Å²) in [5, 5.41) is 9.62. The number of benzene rings is 1. The van der Waals surface area contributed by atoms with Crippen LogP contribution in [-0.2, 0) is 14.6 Å².